The summed E-state index contributed by atoms with van der Waals surface area (Å²) in [6, 6.07) is 0. The van der Waals surface area contributed by atoms with Crippen LogP contribution in [-0.2, 0) is 0 Å². The topological polar surface area (TPSA) is 0 Å². The molecule has 0 aromatic carbocycles. The molecular weight excluding hydrogens is 132 g/mol. The Balaban J connectivity index is 2.73. The summed E-state index contributed by atoms with van der Waals surface area (Å²) in [5.74, 6) is 1.28. The molecule has 0 spiro atoms. The van der Waals surface area contributed by atoms with Crippen molar-refractivity contribution >= 4 is 0 Å². The lowest BCUT2D eigenvalue weighted by Gasteiger charge is -2.18. The van der Waals surface area contributed by atoms with Crippen molar-refractivity contribution in [1.29, 1.82) is 0 Å². The van der Waals surface area contributed by atoms with Gasteiger partial charge in [0.25, 0.3) is 0 Å². The molecule has 0 aromatic rings. The molecule has 0 heteroatoms. The summed E-state index contributed by atoms with van der Waals surface area (Å²) in [6.45, 7) is 6.48. The van der Waals surface area contributed by atoms with Crippen LogP contribution in [0.1, 0.15) is 20.8 Å². The highest BCUT2D eigenvalue weighted by Crippen LogP contribution is 2.23. The SMILES string of the molecule is C/C=C/C1C=C(C)C=CC1C. The van der Waals surface area contributed by atoms with Crippen molar-refractivity contribution in [1.82, 2.24) is 0 Å². The van der Waals surface area contributed by atoms with Crippen LogP contribution >= 0.6 is 0 Å². The molecular formula is C11H16. The summed E-state index contributed by atoms with van der Waals surface area (Å²) < 4.78 is 0. The van der Waals surface area contributed by atoms with Crippen LogP contribution in [0.5, 0.6) is 0 Å². The van der Waals surface area contributed by atoms with Crippen LogP contribution in [0.4, 0.5) is 0 Å². The van der Waals surface area contributed by atoms with Crippen molar-refractivity contribution < 1.29 is 0 Å². The minimum atomic E-state index is 0.616. The molecule has 0 aliphatic heterocycles. The maximum Gasteiger partial charge on any atom is 0.00124 e. The maximum absolute atomic E-state index is 2.32. The first kappa shape index (κ1) is 8.32. The quantitative estimate of drug-likeness (QED) is 0.500. The molecule has 0 bridgehead atoms. The van der Waals surface area contributed by atoms with E-state index >= 15 is 0 Å². The van der Waals surface area contributed by atoms with Gasteiger partial charge in [-0.25, -0.2) is 0 Å². The van der Waals surface area contributed by atoms with Gasteiger partial charge >= 0.3 is 0 Å². The molecule has 0 amide bonds. The molecule has 11 heavy (non-hydrogen) atoms. The van der Waals surface area contributed by atoms with Crippen LogP contribution in [0.2, 0.25) is 0 Å². The molecule has 1 aliphatic rings. The molecule has 0 radical (unpaired) electrons. The smallest absolute Gasteiger partial charge is 0.00124 e. The van der Waals surface area contributed by atoms with E-state index in [-0.39, 0.29) is 0 Å². The van der Waals surface area contributed by atoms with Crippen molar-refractivity contribution in [3.63, 3.8) is 0 Å². The summed E-state index contributed by atoms with van der Waals surface area (Å²) in [5.41, 5.74) is 1.38. The van der Waals surface area contributed by atoms with E-state index < -0.39 is 0 Å². The van der Waals surface area contributed by atoms with Gasteiger partial charge in [0.2, 0.25) is 0 Å². The highest BCUT2D eigenvalue weighted by Gasteiger charge is 2.11. The van der Waals surface area contributed by atoms with Crippen molar-refractivity contribution in [2.45, 2.75) is 20.8 Å². The van der Waals surface area contributed by atoms with Gasteiger partial charge in [-0.05, 0) is 19.8 Å². The van der Waals surface area contributed by atoms with Crippen LogP contribution in [0.25, 0.3) is 0 Å². The van der Waals surface area contributed by atoms with Crippen molar-refractivity contribution in [3.05, 3.63) is 36.0 Å². The van der Waals surface area contributed by atoms with E-state index in [0.29, 0.717) is 11.8 Å². The van der Waals surface area contributed by atoms with Crippen molar-refractivity contribution in [2.24, 2.45) is 11.8 Å². The monoisotopic (exact) mass is 148 g/mol. The van der Waals surface area contributed by atoms with Crippen LogP contribution in [0.3, 0.4) is 0 Å². The van der Waals surface area contributed by atoms with Crippen LogP contribution in [0.15, 0.2) is 36.0 Å². The zero-order valence-electron chi connectivity index (χ0n) is 7.54. The van der Waals surface area contributed by atoms with Gasteiger partial charge in [-0.1, -0.05) is 42.9 Å². The first-order valence-corrected chi connectivity index (χ1v) is 4.23. The standard InChI is InChI=1S/C11H16/c1-4-5-11-8-9(2)6-7-10(11)3/h4-8,10-11H,1-3H3/b5-4+. The van der Waals surface area contributed by atoms with Crippen molar-refractivity contribution in [2.75, 3.05) is 0 Å². The Labute approximate surface area is 69.3 Å². The largest absolute Gasteiger partial charge is 0.0910 e. The van der Waals surface area contributed by atoms with E-state index in [1.807, 2.05) is 0 Å². The van der Waals surface area contributed by atoms with E-state index in [9.17, 15) is 0 Å². The Morgan fingerprint density at radius 2 is 2.18 bits per heavy atom. The molecule has 1 aliphatic carbocycles. The summed E-state index contributed by atoms with van der Waals surface area (Å²) in [6.07, 6.45) is 11.2. The zero-order valence-corrected chi connectivity index (χ0v) is 7.54. The Morgan fingerprint density at radius 3 is 2.82 bits per heavy atom. The second kappa shape index (κ2) is 3.56. The average molecular weight is 148 g/mol. The summed E-state index contributed by atoms with van der Waals surface area (Å²) in [4.78, 5) is 0. The number of rotatable bonds is 1. The van der Waals surface area contributed by atoms with Crippen molar-refractivity contribution in [3.8, 4) is 0 Å². The predicted molar refractivity (Wildman–Crippen MR) is 50.4 cm³/mol. The van der Waals surface area contributed by atoms with Gasteiger partial charge in [-0.2, -0.15) is 0 Å². The molecule has 0 fully saturated rings. The predicted octanol–water partition coefficient (Wildman–Crippen LogP) is 3.33. The highest BCUT2D eigenvalue weighted by atomic mass is 14.2. The summed E-state index contributed by atoms with van der Waals surface area (Å²) >= 11 is 0. The molecule has 0 saturated heterocycles. The molecule has 0 aromatic heterocycles. The minimum Gasteiger partial charge on any atom is -0.0910 e. The summed E-state index contributed by atoms with van der Waals surface area (Å²) in [7, 11) is 0. The molecule has 2 unspecified atom stereocenters. The Morgan fingerprint density at radius 1 is 1.45 bits per heavy atom. The Kier molecular flexibility index (Phi) is 2.70. The van der Waals surface area contributed by atoms with E-state index in [4.69, 9.17) is 0 Å². The van der Waals surface area contributed by atoms with E-state index in [1.54, 1.807) is 0 Å². The minimum absolute atomic E-state index is 0.616. The number of allylic oxidation sites excluding steroid dienone is 6. The first-order valence-electron chi connectivity index (χ1n) is 4.23. The highest BCUT2D eigenvalue weighted by molar-refractivity contribution is 5.25. The second-order valence-electron chi connectivity index (χ2n) is 3.23. The number of hydrogen-bond acceptors (Lipinski definition) is 0. The lowest BCUT2D eigenvalue weighted by molar-refractivity contribution is 0.600. The fourth-order valence-corrected chi connectivity index (χ4v) is 1.40. The Hall–Kier alpha value is -0.780. The molecule has 0 nitrogen and oxygen atoms in total. The number of hydrogen-bond donors (Lipinski definition) is 0. The zero-order chi connectivity index (χ0) is 8.27. The Bertz CT molecular complexity index is 206. The lowest BCUT2D eigenvalue weighted by atomic mass is 9.87. The average Bonchev–Trinajstić information content (AvgIpc) is 1.98. The van der Waals surface area contributed by atoms with Gasteiger partial charge < -0.3 is 0 Å². The van der Waals surface area contributed by atoms with E-state index in [1.165, 1.54) is 5.57 Å². The normalized spacial score (nSPS) is 31.0. The van der Waals surface area contributed by atoms with Gasteiger partial charge in [0, 0.05) is 5.92 Å². The van der Waals surface area contributed by atoms with E-state index in [2.05, 4.69) is 51.2 Å². The maximum atomic E-state index is 2.32. The van der Waals surface area contributed by atoms with Crippen LogP contribution < -0.4 is 0 Å². The molecule has 2 atom stereocenters. The van der Waals surface area contributed by atoms with Gasteiger partial charge in [0.1, 0.15) is 0 Å². The second-order valence-corrected chi connectivity index (χ2v) is 3.23. The van der Waals surface area contributed by atoms with Gasteiger partial charge in [0.05, 0.1) is 0 Å². The van der Waals surface area contributed by atoms with Gasteiger partial charge in [-0.3, -0.25) is 0 Å². The molecule has 60 valence electrons. The molecule has 1 rings (SSSR count). The fourth-order valence-electron chi connectivity index (χ4n) is 1.40. The fraction of sp³-hybridized carbons (Fsp3) is 0.455. The molecule has 0 saturated carbocycles. The third-order valence-corrected chi connectivity index (χ3v) is 2.14. The van der Waals surface area contributed by atoms with E-state index in [0.717, 1.165) is 0 Å². The molecule has 0 heterocycles. The van der Waals surface area contributed by atoms with Gasteiger partial charge in [-0.15, -0.1) is 0 Å². The third kappa shape index (κ3) is 2.07. The lowest BCUT2D eigenvalue weighted by Crippen LogP contribution is -2.07. The summed E-state index contributed by atoms with van der Waals surface area (Å²) in [5, 5.41) is 0. The van der Waals surface area contributed by atoms with Crippen LogP contribution in [-0.4, -0.2) is 0 Å². The van der Waals surface area contributed by atoms with Crippen LogP contribution in [0, 0.1) is 11.8 Å². The molecule has 0 N–H and O–H groups in total. The van der Waals surface area contributed by atoms with Gasteiger partial charge in [0.15, 0.2) is 0 Å². The third-order valence-electron chi connectivity index (χ3n) is 2.14. The first-order chi connectivity index (χ1) is 5.24.